The number of carbonyl (C=O) groups is 2. The lowest BCUT2D eigenvalue weighted by molar-refractivity contribution is -0.155. The Morgan fingerprint density at radius 1 is 1.62 bits per heavy atom. The summed E-state index contributed by atoms with van der Waals surface area (Å²) in [5.41, 5.74) is 0.761. The van der Waals surface area contributed by atoms with Crippen LogP contribution in [0.25, 0.3) is 0 Å². The van der Waals surface area contributed by atoms with Crippen molar-refractivity contribution in [1.29, 1.82) is 0 Å². The first-order chi connectivity index (χ1) is 6.11. The van der Waals surface area contributed by atoms with Crippen molar-refractivity contribution in [2.45, 2.75) is 6.54 Å². The van der Waals surface area contributed by atoms with Gasteiger partial charge in [-0.3, -0.25) is 4.79 Å². The van der Waals surface area contributed by atoms with E-state index in [2.05, 4.69) is 0 Å². The zero-order valence-electron chi connectivity index (χ0n) is 7.06. The highest BCUT2D eigenvalue weighted by Gasteiger charge is 2.17. The van der Waals surface area contributed by atoms with Crippen molar-refractivity contribution in [3.05, 3.63) is 24.2 Å². The van der Waals surface area contributed by atoms with Gasteiger partial charge >= 0.3 is 11.9 Å². The number of carboxylic acids is 1. The molecular formula is C8H9NO4. The first-order valence-corrected chi connectivity index (χ1v) is 3.60. The van der Waals surface area contributed by atoms with Crippen LogP contribution < -0.4 is 0 Å². The number of likely N-dealkylation sites (N-methyl/N-ethyl adjacent to an activating group) is 1. The number of amides is 1. The molecule has 5 heteroatoms. The van der Waals surface area contributed by atoms with Gasteiger partial charge < -0.3 is 14.4 Å². The summed E-state index contributed by atoms with van der Waals surface area (Å²) < 4.78 is 4.77. The van der Waals surface area contributed by atoms with Gasteiger partial charge in [-0.1, -0.05) is 0 Å². The molecule has 1 aromatic rings. The van der Waals surface area contributed by atoms with E-state index in [1.807, 2.05) is 0 Å². The standard InChI is InChI=1S/C8H9NO4/c1-9(7(10)8(11)12)4-6-2-3-13-5-6/h2-3,5H,4H2,1H3,(H,11,12). The van der Waals surface area contributed by atoms with E-state index in [0.717, 1.165) is 10.5 Å². The molecule has 0 aromatic carbocycles. The van der Waals surface area contributed by atoms with Crippen molar-refractivity contribution in [3.63, 3.8) is 0 Å². The van der Waals surface area contributed by atoms with E-state index in [4.69, 9.17) is 9.52 Å². The summed E-state index contributed by atoms with van der Waals surface area (Å²) in [6, 6.07) is 1.67. The maximum atomic E-state index is 10.9. The summed E-state index contributed by atoms with van der Waals surface area (Å²) in [6.45, 7) is 0.238. The molecule has 1 N–H and O–H groups in total. The number of nitrogens with zero attached hydrogens (tertiary/aromatic N) is 1. The van der Waals surface area contributed by atoms with Crippen molar-refractivity contribution in [1.82, 2.24) is 4.90 Å². The van der Waals surface area contributed by atoms with Crippen molar-refractivity contribution in [3.8, 4) is 0 Å². The summed E-state index contributed by atoms with van der Waals surface area (Å²) in [4.78, 5) is 22.2. The average molecular weight is 183 g/mol. The molecule has 70 valence electrons. The number of furan rings is 1. The van der Waals surface area contributed by atoms with Crippen LogP contribution in [0.1, 0.15) is 5.56 Å². The lowest BCUT2D eigenvalue weighted by atomic mass is 10.3. The molecule has 0 bridgehead atoms. The van der Waals surface area contributed by atoms with Crippen molar-refractivity contribution < 1.29 is 19.1 Å². The van der Waals surface area contributed by atoms with Gasteiger partial charge in [0.25, 0.3) is 0 Å². The van der Waals surface area contributed by atoms with Crippen LogP contribution in [0.15, 0.2) is 23.0 Å². The summed E-state index contributed by atoms with van der Waals surface area (Å²) in [5.74, 6) is -2.38. The quantitative estimate of drug-likeness (QED) is 0.670. The van der Waals surface area contributed by atoms with Gasteiger partial charge in [-0.15, -0.1) is 0 Å². The van der Waals surface area contributed by atoms with Crippen LogP contribution in [-0.2, 0) is 16.1 Å². The molecule has 5 nitrogen and oxygen atoms in total. The first-order valence-electron chi connectivity index (χ1n) is 3.60. The first kappa shape index (κ1) is 9.31. The van der Waals surface area contributed by atoms with E-state index in [0.29, 0.717) is 0 Å². The third-order valence-corrected chi connectivity index (χ3v) is 1.53. The Morgan fingerprint density at radius 3 is 2.77 bits per heavy atom. The van der Waals surface area contributed by atoms with Crippen LogP contribution in [0, 0.1) is 0 Å². The monoisotopic (exact) mass is 183 g/mol. The molecule has 1 amide bonds. The number of carboxylic acid groups (broad SMARTS) is 1. The van der Waals surface area contributed by atoms with Gasteiger partial charge in [0.15, 0.2) is 0 Å². The van der Waals surface area contributed by atoms with E-state index in [9.17, 15) is 9.59 Å². The van der Waals surface area contributed by atoms with Crippen molar-refractivity contribution >= 4 is 11.9 Å². The molecule has 0 aliphatic heterocycles. The zero-order valence-corrected chi connectivity index (χ0v) is 7.06. The van der Waals surface area contributed by atoms with Gasteiger partial charge in [-0.25, -0.2) is 4.79 Å². The van der Waals surface area contributed by atoms with Crippen LogP contribution in [0.5, 0.6) is 0 Å². The fraction of sp³-hybridized carbons (Fsp3) is 0.250. The summed E-state index contributed by atoms with van der Waals surface area (Å²) in [6.07, 6.45) is 2.93. The maximum Gasteiger partial charge on any atom is 0.394 e. The van der Waals surface area contributed by atoms with Crippen LogP contribution in [0.3, 0.4) is 0 Å². The molecule has 0 spiro atoms. The lowest BCUT2D eigenvalue weighted by Crippen LogP contribution is -2.32. The molecule has 0 radical (unpaired) electrons. The molecule has 0 aliphatic carbocycles. The minimum Gasteiger partial charge on any atom is -0.474 e. The summed E-state index contributed by atoms with van der Waals surface area (Å²) in [7, 11) is 1.42. The fourth-order valence-corrected chi connectivity index (χ4v) is 0.892. The van der Waals surface area contributed by atoms with Gasteiger partial charge in [0.1, 0.15) is 0 Å². The van der Waals surface area contributed by atoms with Crippen molar-refractivity contribution in [2.75, 3.05) is 7.05 Å². The lowest BCUT2D eigenvalue weighted by Gasteiger charge is -2.12. The molecule has 13 heavy (non-hydrogen) atoms. The maximum absolute atomic E-state index is 10.9. The fourth-order valence-electron chi connectivity index (χ4n) is 0.892. The minimum atomic E-state index is -1.45. The van der Waals surface area contributed by atoms with Crippen molar-refractivity contribution in [2.24, 2.45) is 0 Å². The minimum absolute atomic E-state index is 0.238. The third kappa shape index (κ3) is 2.33. The SMILES string of the molecule is CN(Cc1ccoc1)C(=O)C(=O)O. The summed E-state index contributed by atoms with van der Waals surface area (Å²) in [5, 5.41) is 8.37. The third-order valence-electron chi connectivity index (χ3n) is 1.53. The Bertz CT molecular complexity index is 304. The van der Waals surface area contributed by atoms with Crippen LogP contribution in [0.4, 0.5) is 0 Å². The molecule has 0 saturated carbocycles. The molecule has 0 unspecified atom stereocenters. The van der Waals surface area contributed by atoms with E-state index >= 15 is 0 Å². The molecule has 0 aliphatic rings. The smallest absolute Gasteiger partial charge is 0.394 e. The van der Waals surface area contributed by atoms with Crippen LogP contribution in [0.2, 0.25) is 0 Å². The highest BCUT2D eigenvalue weighted by molar-refractivity contribution is 6.31. The summed E-state index contributed by atoms with van der Waals surface area (Å²) >= 11 is 0. The Morgan fingerprint density at radius 2 is 2.31 bits per heavy atom. The Balaban J connectivity index is 2.55. The van der Waals surface area contributed by atoms with Gasteiger partial charge in [-0.2, -0.15) is 0 Å². The second kappa shape index (κ2) is 3.75. The molecule has 1 aromatic heterocycles. The number of hydrogen-bond donors (Lipinski definition) is 1. The Labute approximate surface area is 74.6 Å². The molecule has 1 heterocycles. The van der Waals surface area contributed by atoms with E-state index < -0.39 is 11.9 Å². The van der Waals surface area contributed by atoms with Gasteiger partial charge in [0.05, 0.1) is 12.5 Å². The number of carbonyl (C=O) groups excluding carboxylic acids is 1. The van der Waals surface area contributed by atoms with Crippen LogP contribution >= 0.6 is 0 Å². The topological polar surface area (TPSA) is 70.8 Å². The molecule has 0 atom stereocenters. The second-order valence-electron chi connectivity index (χ2n) is 2.60. The van der Waals surface area contributed by atoms with E-state index in [1.54, 1.807) is 6.07 Å². The molecule has 0 saturated heterocycles. The Kier molecular flexibility index (Phi) is 2.69. The van der Waals surface area contributed by atoms with Crippen LogP contribution in [-0.4, -0.2) is 28.9 Å². The van der Waals surface area contributed by atoms with E-state index in [1.165, 1.54) is 19.6 Å². The number of aliphatic carboxylic acids is 1. The van der Waals surface area contributed by atoms with Gasteiger partial charge in [0, 0.05) is 19.2 Å². The normalized spacial score (nSPS) is 9.62. The largest absolute Gasteiger partial charge is 0.474 e. The number of hydrogen-bond acceptors (Lipinski definition) is 3. The van der Waals surface area contributed by atoms with E-state index in [-0.39, 0.29) is 6.54 Å². The number of rotatable bonds is 2. The molecule has 0 fully saturated rings. The van der Waals surface area contributed by atoms with Gasteiger partial charge in [-0.05, 0) is 6.07 Å². The highest BCUT2D eigenvalue weighted by Crippen LogP contribution is 2.03. The predicted octanol–water partition coefficient (Wildman–Crippen LogP) is 0.323. The highest BCUT2D eigenvalue weighted by atomic mass is 16.4. The zero-order chi connectivity index (χ0) is 9.84. The van der Waals surface area contributed by atoms with Gasteiger partial charge in [0.2, 0.25) is 0 Å². The average Bonchev–Trinajstić information content (AvgIpc) is 2.55. The molecule has 1 rings (SSSR count). The molecular weight excluding hydrogens is 174 g/mol. The Hall–Kier alpha value is -1.78. The second-order valence-corrected chi connectivity index (χ2v) is 2.60. The predicted molar refractivity (Wildman–Crippen MR) is 42.8 cm³/mol.